The van der Waals surface area contributed by atoms with E-state index in [2.05, 4.69) is 5.10 Å². The summed E-state index contributed by atoms with van der Waals surface area (Å²) < 4.78 is 30.3. The van der Waals surface area contributed by atoms with E-state index in [1.165, 1.54) is 14.1 Å². The molecule has 0 N–H and O–H groups in total. The van der Waals surface area contributed by atoms with Crippen molar-refractivity contribution >= 4 is 5.91 Å². The SMILES string of the molecule is Cc1ccc(Cn2nc3n(c2=O)[C@H](C(=O)N2CC[C@@]4(C2)CC4(F)F)CCC3)cc1. The molecule has 1 aromatic carbocycles. The van der Waals surface area contributed by atoms with Crippen LogP contribution in [0.25, 0.3) is 0 Å². The lowest BCUT2D eigenvalue weighted by molar-refractivity contribution is -0.134. The zero-order valence-corrected chi connectivity index (χ0v) is 16.4. The van der Waals surface area contributed by atoms with E-state index in [1.807, 2.05) is 31.2 Å². The Labute approximate surface area is 167 Å². The quantitative estimate of drug-likeness (QED) is 0.793. The van der Waals surface area contributed by atoms with Crippen LogP contribution in [0.5, 0.6) is 0 Å². The molecule has 29 heavy (non-hydrogen) atoms. The molecule has 2 fully saturated rings. The van der Waals surface area contributed by atoms with Crippen LogP contribution >= 0.6 is 0 Å². The second kappa shape index (κ2) is 6.24. The molecule has 5 rings (SSSR count). The Hall–Kier alpha value is -2.51. The molecule has 154 valence electrons. The van der Waals surface area contributed by atoms with Crippen LogP contribution in [0.1, 0.15) is 48.7 Å². The van der Waals surface area contributed by atoms with E-state index in [4.69, 9.17) is 0 Å². The molecule has 2 aliphatic heterocycles. The fraction of sp³-hybridized carbons (Fsp3) is 0.571. The first-order chi connectivity index (χ1) is 13.8. The monoisotopic (exact) mass is 402 g/mol. The van der Waals surface area contributed by atoms with Crippen LogP contribution in [0, 0.1) is 12.3 Å². The molecule has 1 amide bonds. The molecule has 0 radical (unpaired) electrons. The molecule has 3 heterocycles. The number of aryl methyl sites for hydroxylation is 2. The minimum atomic E-state index is -2.66. The van der Waals surface area contributed by atoms with Gasteiger partial charge in [-0.15, -0.1) is 0 Å². The normalized spacial score (nSPS) is 27.3. The second-order valence-electron chi connectivity index (χ2n) is 8.79. The molecule has 1 saturated heterocycles. The molecule has 6 nitrogen and oxygen atoms in total. The number of alkyl halides is 2. The van der Waals surface area contributed by atoms with Gasteiger partial charge in [0.25, 0.3) is 5.92 Å². The maximum atomic E-state index is 13.7. The topological polar surface area (TPSA) is 60.1 Å². The Bertz CT molecular complexity index is 1030. The Kier molecular flexibility index (Phi) is 3.98. The highest BCUT2D eigenvalue weighted by Crippen LogP contribution is 2.65. The highest BCUT2D eigenvalue weighted by molar-refractivity contribution is 5.81. The van der Waals surface area contributed by atoms with E-state index < -0.39 is 17.4 Å². The first-order valence-corrected chi connectivity index (χ1v) is 10.2. The lowest BCUT2D eigenvalue weighted by atomic mass is 10.0. The highest BCUT2D eigenvalue weighted by Gasteiger charge is 2.73. The molecule has 1 saturated carbocycles. The van der Waals surface area contributed by atoms with Crippen molar-refractivity contribution < 1.29 is 13.6 Å². The van der Waals surface area contributed by atoms with Gasteiger partial charge in [-0.1, -0.05) is 29.8 Å². The lowest BCUT2D eigenvalue weighted by Gasteiger charge is -2.27. The average molecular weight is 402 g/mol. The maximum absolute atomic E-state index is 13.7. The zero-order valence-electron chi connectivity index (χ0n) is 16.4. The van der Waals surface area contributed by atoms with Gasteiger partial charge in [-0.25, -0.2) is 18.3 Å². The van der Waals surface area contributed by atoms with Crippen molar-refractivity contribution in [2.75, 3.05) is 13.1 Å². The van der Waals surface area contributed by atoms with Crippen molar-refractivity contribution in [2.24, 2.45) is 5.41 Å². The average Bonchev–Trinajstić information content (AvgIpc) is 3.00. The number of carbonyl (C=O) groups excluding carboxylic acids is 1. The highest BCUT2D eigenvalue weighted by atomic mass is 19.3. The molecule has 0 bridgehead atoms. The van der Waals surface area contributed by atoms with Gasteiger partial charge in [-0.05, 0) is 31.7 Å². The van der Waals surface area contributed by atoms with E-state index in [0.29, 0.717) is 38.2 Å². The smallest absolute Gasteiger partial charge is 0.340 e. The van der Waals surface area contributed by atoms with Crippen LogP contribution in [-0.4, -0.2) is 44.2 Å². The number of aromatic nitrogens is 3. The van der Waals surface area contributed by atoms with E-state index in [1.54, 1.807) is 0 Å². The van der Waals surface area contributed by atoms with Gasteiger partial charge in [0.05, 0.1) is 12.0 Å². The zero-order chi connectivity index (χ0) is 20.4. The predicted molar refractivity (Wildman–Crippen MR) is 102 cm³/mol. The molecular formula is C21H24F2N4O2. The van der Waals surface area contributed by atoms with Crippen molar-refractivity contribution in [3.05, 3.63) is 51.7 Å². The third-order valence-electron chi connectivity index (χ3n) is 6.75. The summed E-state index contributed by atoms with van der Waals surface area (Å²) >= 11 is 0. The molecule has 1 aromatic heterocycles. The number of hydrogen-bond donors (Lipinski definition) is 0. The Morgan fingerprint density at radius 3 is 2.66 bits per heavy atom. The second-order valence-corrected chi connectivity index (χ2v) is 8.79. The number of amides is 1. The number of carbonyl (C=O) groups is 1. The minimum absolute atomic E-state index is 0.0942. The van der Waals surface area contributed by atoms with Crippen LogP contribution in [-0.2, 0) is 17.8 Å². The number of hydrogen-bond acceptors (Lipinski definition) is 3. The van der Waals surface area contributed by atoms with E-state index in [0.717, 1.165) is 17.5 Å². The summed E-state index contributed by atoms with van der Waals surface area (Å²) in [5, 5.41) is 4.47. The predicted octanol–water partition coefficient (Wildman–Crippen LogP) is 2.54. The van der Waals surface area contributed by atoms with Crippen LogP contribution < -0.4 is 5.69 Å². The van der Waals surface area contributed by atoms with Crippen molar-refractivity contribution in [1.82, 2.24) is 19.2 Å². The van der Waals surface area contributed by atoms with Gasteiger partial charge >= 0.3 is 5.69 Å². The van der Waals surface area contributed by atoms with E-state index in [9.17, 15) is 18.4 Å². The largest absolute Gasteiger partial charge is 0.346 e. The molecular weight excluding hydrogens is 378 g/mol. The molecule has 2 atom stereocenters. The first-order valence-electron chi connectivity index (χ1n) is 10.2. The summed E-state index contributed by atoms with van der Waals surface area (Å²) in [7, 11) is 0. The summed E-state index contributed by atoms with van der Waals surface area (Å²) in [4.78, 5) is 27.7. The molecule has 1 aliphatic carbocycles. The summed E-state index contributed by atoms with van der Waals surface area (Å²) in [6.07, 6.45) is 2.15. The number of benzene rings is 1. The minimum Gasteiger partial charge on any atom is -0.340 e. The molecule has 1 spiro atoms. The fourth-order valence-corrected chi connectivity index (χ4v) is 4.83. The third-order valence-corrected chi connectivity index (χ3v) is 6.75. The summed E-state index contributed by atoms with van der Waals surface area (Å²) in [6, 6.07) is 7.25. The molecule has 3 aliphatic rings. The number of nitrogens with zero attached hydrogens (tertiary/aromatic N) is 4. The van der Waals surface area contributed by atoms with Crippen molar-refractivity contribution in [3.63, 3.8) is 0 Å². The van der Waals surface area contributed by atoms with Gasteiger partial charge < -0.3 is 4.90 Å². The van der Waals surface area contributed by atoms with Gasteiger partial charge in [0.2, 0.25) is 5.91 Å². The van der Waals surface area contributed by atoms with Gasteiger partial charge in [-0.2, -0.15) is 5.10 Å². The lowest BCUT2D eigenvalue weighted by Crippen LogP contribution is -2.42. The summed E-state index contributed by atoms with van der Waals surface area (Å²) in [5.74, 6) is -2.27. The van der Waals surface area contributed by atoms with Crippen LogP contribution in [0.4, 0.5) is 8.78 Å². The summed E-state index contributed by atoms with van der Waals surface area (Å²) in [6.45, 7) is 2.78. The van der Waals surface area contributed by atoms with Crippen molar-refractivity contribution in [2.45, 2.75) is 57.5 Å². The standard InChI is InChI=1S/C21H24F2N4O2/c1-14-5-7-15(8-6-14)11-26-19(29)27-16(3-2-4-17(27)24-26)18(28)25-10-9-20(13-25)12-21(20,22)23/h5-8,16H,2-4,9-13H2,1H3/t16-,20-/m0/s1. The molecule has 8 heteroatoms. The first kappa shape index (κ1) is 18.5. The van der Waals surface area contributed by atoms with Gasteiger partial charge in [-0.3, -0.25) is 9.36 Å². The molecule has 0 unspecified atom stereocenters. The van der Waals surface area contributed by atoms with Gasteiger partial charge in [0.1, 0.15) is 11.9 Å². The number of halogens is 2. The van der Waals surface area contributed by atoms with E-state index >= 15 is 0 Å². The third kappa shape index (κ3) is 2.91. The van der Waals surface area contributed by atoms with E-state index in [-0.39, 0.29) is 24.6 Å². The van der Waals surface area contributed by atoms with Crippen molar-refractivity contribution in [1.29, 1.82) is 0 Å². The number of likely N-dealkylation sites (tertiary alicyclic amines) is 1. The van der Waals surface area contributed by atoms with Crippen LogP contribution in [0.2, 0.25) is 0 Å². The maximum Gasteiger partial charge on any atom is 0.346 e. The Morgan fingerprint density at radius 1 is 1.28 bits per heavy atom. The Morgan fingerprint density at radius 2 is 2.00 bits per heavy atom. The van der Waals surface area contributed by atoms with Crippen molar-refractivity contribution in [3.8, 4) is 0 Å². The fourth-order valence-electron chi connectivity index (χ4n) is 4.83. The number of fused-ring (bicyclic) bond motifs is 1. The Balaban J connectivity index is 1.39. The van der Waals surface area contributed by atoms with Crippen LogP contribution in [0.3, 0.4) is 0 Å². The van der Waals surface area contributed by atoms with Gasteiger partial charge in [0.15, 0.2) is 0 Å². The summed E-state index contributed by atoms with van der Waals surface area (Å²) in [5.41, 5.74) is 0.777. The number of rotatable bonds is 3. The van der Waals surface area contributed by atoms with Gasteiger partial charge in [0, 0.05) is 25.9 Å². The molecule has 2 aromatic rings. The van der Waals surface area contributed by atoms with Crippen LogP contribution in [0.15, 0.2) is 29.1 Å².